The van der Waals surface area contributed by atoms with Crippen LogP contribution in [0.25, 0.3) is 10.8 Å². The molecule has 3 heterocycles. The zero-order valence-corrected chi connectivity index (χ0v) is 13.9. The van der Waals surface area contributed by atoms with E-state index in [0.29, 0.717) is 6.42 Å². The second-order valence-electron chi connectivity index (χ2n) is 6.13. The molecule has 1 aliphatic rings. The molecule has 1 fully saturated rings. The zero-order valence-electron chi connectivity index (χ0n) is 13.1. The van der Waals surface area contributed by atoms with Crippen molar-refractivity contribution in [3.05, 3.63) is 64.6 Å². The van der Waals surface area contributed by atoms with Crippen molar-refractivity contribution in [1.29, 1.82) is 0 Å². The van der Waals surface area contributed by atoms with Gasteiger partial charge in [-0.25, -0.2) is 0 Å². The molecule has 0 bridgehead atoms. The number of carbonyl (C=O) groups is 1. The predicted molar refractivity (Wildman–Crippen MR) is 95.3 cm³/mol. The zero-order chi connectivity index (χ0) is 16.5. The third kappa shape index (κ3) is 2.70. The number of carboxylic acids is 1. The molecule has 0 aliphatic carbocycles. The highest BCUT2D eigenvalue weighted by molar-refractivity contribution is 7.10. The number of benzene rings is 1. The van der Waals surface area contributed by atoms with E-state index in [4.69, 9.17) is 0 Å². The summed E-state index contributed by atoms with van der Waals surface area (Å²) < 4.78 is 0. The molecule has 1 aliphatic heterocycles. The number of nitrogens with zero attached hydrogens (tertiary/aromatic N) is 2. The van der Waals surface area contributed by atoms with Gasteiger partial charge < -0.3 is 5.11 Å². The normalized spacial score (nSPS) is 19.6. The lowest BCUT2D eigenvalue weighted by Crippen LogP contribution is -2.39. The number of aromatic nitrogens is 1. The van der Waals surface area contributed by atoms with E-state index in [0.717, 1.165) is 29.3 Å². The summed E-state index contributed by atoms with van der Waals surface area (Å²) >= 11 is 1.68. The van der Waals surface area contributed by atoms with E-state index in [9.17, 15) is 9.90 Å². The molecule has 1 N–H and O–H groups in total. The van der Waals surface area contributed by atoms with Gasteiger partial charge in [-0.05, 0) is 47.4 Å². The van der Waals surface area contributed by atoms with Crippen LogP contribution in [0.1, 0.15) is 29.3 Å². The molecule has 0 radical (unpaired) electrons. The van der Waals surface area contributed by atoms with Crippen LogP contribution in [0.15, 0.2) is 54.2 Å². The minimum atomic E-state index is -0.723. The van der Waals surface area contributed by atoms with Gasteiger partial charge in [0.1, 0.15) is 6.04 Å². The van der Waals surface area contributed by atoms with Crippen LogP contribution in [0.4, 0.5) is 0 Å². The van der Waals surface area contributed by atoms with Crippen molar-refractivity contribution < 1.29 is 9.90 Å². The van der Waals surface area contributed by atoms with Gasteiger partial charge in [0, 0.05) is 29.2 Å². The number of hydrogen-bond acceptors (Lipinski definition) is 4. The van der Waals surface area contributed by atoms with Crippen molar-refractivity contribution in [2.24, 2.45) is 0 Å². The molecule has 2 atom stereocenters. The molecule has 2 aromatic heterocycles. The Labute approximate surface area is 144 Å². The first-order valence-electron chi connectivity index (χ1n) is 8.09. The largest absolute Gasteiger partial charge is 0.480 e. The lowest BCUT2D eigenvalue weighted by Gasteiger charge is -2.31. The molecule has 1 aromatic carbocycles. The lowest BCUT2D eigenvalue weighted by atomic mass is 9.99. The van der Waals surface area contributed by atoms with Gasteiger partial charge in [-0.15, -0.1) is 11.3 Å². The van der Waals surface area contributed by atoms with E-state index >= 15 is 0 Å². The maximum Gasteiger partial charge on any atom is 0.320 e. The predicted octanol–water partition coefficient (Wildman–Crippen LogP) is 3.93. The Morgan fingerprint density at radius 2 is 2.21 bits per heavy atom. The van der Waals surface area contributed by atoms with E-state index in [-0.39, 0.29) is 6.04 Å². The molecule has 24 heavy (non-hydrogen) atoms. The second-order valence-corrected chi connectivity index (χ2v) is 7.11. The Balaban J connectivity index is 1.81. The molecule has 0 amide bonds. The SMILES string of the molecule is O=C(O)C1CCCN1C(c1ccc2cnccc2c1)c1cccs1. The van der Waals surface area contributed by atoms with Crippen molar-refractivity contribution in [3.8, 4) is 0 Å². The summed E-state index contributed by atoms with van der Waals surface area (Å²) in [5, 5.41) is 13.9. The number of likely N-dealkylation sites (tertiary alicyclic amines) is 1. The van der Waals surface area contributed by atoms with Gasteiger partial charge in [-0.3, -0.25) is 14.7 Å². The highest BCUT2D eigenvalue weighted by atomic mass is 32.1. The Bertz CT molecular complexity index is 863. The molecular formula is C19H18N2O2S. The number of aliphatic carboxylic acids is 1. The lowest BCUT2D eigenvalue weighted by molar-refractivity contribution is -0.142. The van der Waals surface area contributed by atoms with Crippen molar-refractivity contribution in [2.75, 3.05) is 6.54 Å². The van der Waals surface area contributed by atoms with Crippen LogP contribution in [-0.4, -0.2) is 33.5 Å². The first-order chi connectivity index (χ1) is 11.7. The fourth-order valence-corrected chi connectivity index (χ4v) is 4.47. The Morgan fingerprint density at radius 3 is 3.00 bits per heavy atom. The summed E-state index contributed by atoms with van der Waals surface area (Å²) in [6.45, 7) is 0.813. The maximum absolute atomic E-state index is 11.7. The van der Waals surface area contributed by atoms with Crippen LogP contribution < -0.4 is 0 Å². The minimum absolute atomic E-state index is 0.00818. The van der Waals surface area contributed by atoms with Gasteiger partial charge in [0.05, 0.1) is 6.04 Å². The number of pyridine rings is 1. The highest BCUT2D eigenvalue weighted by Gasteiger charge is 2.37. The van der Waals surface area contributed by atoms with Gasteiger partial charge in [0.15, 0.2) is 0 Å². The number of rotatable bonds is 4. The molecular weight excluding hydrogens is 320 g/mol. The highest BCUT2D eigenvalue weighted by Crippen LogP contribution is 2.37. The minimum Gasteiger partial charge on any atom is -0.480 e. The van der Waals surface area contributed by atoms with Crippen LogP contribution >= 0.6 is 11.3 Å². The van der Waals surface area contributed by atoms with Crippen molar-refractivity contribution in [3.63, 3.8) is 0 Å². The van der Waals surface area contributed by atoms with E-state index < -0.39 is 12.0 Å². The summed E-state index contributed by atoms with van der Waals surface area (Å²) in [6, 6.07) is 12.1. The fourth-order valence-electron chi connectivity index (χ4n) is 3.60. The number of fused-ring (bicyclic) bond motifs is 1. The van der Waals surface area contributed by atoms with Gasteiger partial charge in [-0.1, -0.05) is 18.2 Å². The molecule has 2 unspecified atom stereocenters. The standard InChI is InChI=1S/C19H18N2O2S/c22-19(23)16-3-1-9-21(16)18(17-4-2-10-24-17)14-5-6-15-12-20-8-7-13(15)11-14/h2,4-8,10-12,16,18H,1,3,9H2,(H,22,23). The smallest absolute Gasteiger partial charge is 0.320 e. The van der Waals surface area contributed by atoms with Gasteiger partial charge in [0.2, 0.25) is 0 Å². The average Bonchev–Trinajstić information content (AvgIpc) is 3.27. The summed E-state index contributed by atoms with van der Waals surface area (Å²) in [7, 11) is 0. The first-order valence-corrected chi connectivity index (χ1v) is 8.97. The van der Waals surface area contributed by atoms with Crippen molar-refractivity contribution in [2.45, 2.75) is 24.9 Å². The number of hydrogen-bond donors (Lipinski definition) is 1. The Hall–Kier alpha value is -2.24. The first kappa shape index (κ1) is 15.3. The molecule has 4 rings (SSSR count). The molecule has 1 saturated heterocycles. The van der Waals surface area contributed by atoms with Crippen molar-refractivity contribution >= 4 is 28.1 Å². The van der Waals surface area contributed by atoms with Crippen LogP contribution in [-0.2, 0) is 4.79 Å². The molecule has 0 spiro atoms. The van der Waals surface area contributed by atoms with E-state index in [1.165, 1.54) is 4.88 Å². The molecule has 5 heteroatoms. The topological polar surface area (TPSA) is 53.4 Å². The van der Waals surface area contributed by atoms with Crippen LogP contribution in [0.5, 0.6) is 0 Å². The molecule has 0 saturated carbocycles. The van der Waals surface area contributed by atoms with Crippen LogP contribution in [0, 0.1) is 0 Å². The van der Waals surface area contributed by atoms with E-state index in [2.05, 4.69) is 39.5 Å². The van der Waals surface area contributed by atoms with Gasteiger partial charge in [-0.2, -0.15) is 0 Å². The number of carboxylic acid groups (broad SMARTS) is 1. The summed E-state index contributed by atoms with van der Waals surface area (Å²) in [6.07, 6.45) is 5.29. The number of thiophene rings is 1. The quantitative estimate of drug-likeness (QED) is 0.783. The molecule has 3 aromatic rings. The summed E-state index contributed by atoms with van der Waals surface area (Å²) in [4.78, 5) is 19.2. The monoisotopic (exact) mass is 338 g/mol. The maximum atomic E-state index is 11.7. The molecule has 4 nitrogen and oxygen atoms in total. The van der Waals surface area contributed by atoms with Crippen LogP contribution in [0.3, 0.4) is 0 Å². The summed E-state index contributed by atoms with van der Waals surface area (Å²) in [5.74, 6) is -0.723. The van der Waals surface area contributed by atoms with Crippen molar-refractivity contribution in [1.82, 2.24) is 9.88 Å². The van der Waals surface area contributed by atoms with Gasteiger partial charge >= 0.3 is 5.97 Å². The van der Waals surface area contributed by atoms with E-state index in [1.807, 2.05) is 18.3 Å². The summed E-state index contributed by atoms with van der Waals surface area (Å²) in [5.41, 5.74) is 1.14. The third-order valence-corrected chi connectivity index (χ3v) is 5.63. The third-order valence-electron chi connectivity index (χ3n) is 4.70. The van der Waals surface area contributed by atoms with Gasteiger partial charge in [0.25, 0.3) is 0 Å². The van der Waals surface area contributed by atoms with Crippen LogP contribution in [0.2, 0.25) is 0 Å². The fraction of sp³-hybridized carbons (Fsp3) is 0.263. The molecule has 122 valence electrons. The van der Waals surface area contributed by atoms with E-state index in [1.54, 1.807) is 17.5 Å². The average molecular weight is 338 g/mol. The Morgan fingerprint density at radius 1 is 1.29 bits per heavy atom. The Kier molecular flexibility index (Phi) is 4.04. The second kappa shape index (κ2) is 6.34.